The molecule has 1 aromatic carbocycles. The summed E-state index contributed by atoms with van der Waals surface area (Å²) in [4.78, 5) is 23.6. The van der Waals surface area contributed by atoms with Gasteiger partial charge >= 0.3 is 5.97 Å². The number of fused-ring (bicyclic) bond motifs is 1. The van der Waals surface area contributed by atoms with E-state index in [2.05, 4.69) is 6.92 Å². The smallest absolute Gasteiger partial charge is 0.379 e. The third kappa shape index (κ3) is 2.30. The number of aryl methyl sites for hydroxylation is 1. The van der Waals surface area contributed by atoms with Gasteiger partial charge in [-0.25, -0.2) is 4.79 Å². The van der Waals surface area contributed by atoms with Gasteiger partial charge in [-0.2, -0.15) is 0 Å². The molecule has 0 unspecified atom stereocenters. The van der Waals surface area contributed by atoms with Crippen molar-refractivity contribution in [2.45, 2.75) is 39.5 Å². The second-order valence-electron chi connectivity index (χ2n) is 4.64. The van der Waals surface area contributed by atoms with Crippen molar-refractivity contribution in [3.63, 3.8) is 0 Å². The summed E-state index contributed by atoms with van der Waals surface area (Å²) in [6.45, 7) is 4.00. The van der Waals surface area contributed by atoms with Gasteiger partial charge in [-0.1, -0.05) is 12.1 Å². The van der Waals surface area contributed by atoms with Crippen molar-refractivity contribution in [2.75, 3.05) is 6.61 Å². The molecule has 0 amide bonds. The molecule has 0 aromatic heterocycles. The molecule has 0 fully saturated rings. The van der Waals surface area contributed by atoms with Gasteiger partial charge in [0, 0.05) is 5.56 Å². The number of benzene rings is 1. The van der Waals surface area contributed by atoms with Gasteiger partial charge < -0.3 is 4.74 Å². The summed E-state index contributed by atoms with van der Waals surface area (Å²) in [6, 6.07) is 3.69. The molecule has 1 aromatic rings. The fourth-order valence-corrected chi connectivity index (χ4v) is 2.57. The number of Topliss-reactive ketones (excluding diaryl/α,β-unsaturated/α-hetero) is 1. The van der Waals surface area contributed by atoms with Crippen molar-refractivity contribution in [3.05, 3.63) is 34.4 Å². The van der Waals surface area contributed by atoms with Crippen LogP contribution in [0.15, 0.2) is 12.1 Å². The number of esters is 1. The van der Waals surface area contributed by atoms with E-state index in [1.165, 1.54) is 11.1 Å². The summed E-state index contributed by atoms with van der Waals surface area (Å²) < 4.78 is 4.79. The Morgan fingerprint density at radius 3 is 2.50 bits per heavy atom. The first kappa shape index (κ1) is 12.8. The topological polar surface area (TPSA) is 43.4 Å². The Bertz CT molecular complexity index is 489. The van der Waals surface area contributed by atoms with Crippen LogP contribution in [0.25, 0.3) is 0 Å². The number of ketones is 1. The Morgan fingerprint density at radius 1 is 1.17 bits per heavy atom. The van der Waals surface area contributed by atoms with Crippen LogP contribution in [0.4, 0.5) is 0 Å². The van der Waals surface area contributed by atoms with E-state index in [1.807, 2.05) is 6.07 Å². The molecule has 0 saturated heterocycles. The van der Waals surface area contributed by atoms with Crippen LogP contribution in [-0.2, 0) is 22.4 Å². The highest BCUT2D eigenvalue weighted by Gasteiger charge is 2.24. The van der Waals surface area contributed by atoms with E-state index in [9.17, 15) is 9.59 Å². The molecular weight excluding hydrogens is 228 g/mol. The van der Waals surface area contributed by atoms with Crippen molar-refractivity contribution < 1.29 is 14.3 Å². The quantitative estimate of drug-likeness (QED) is 0.468. The first-order valence-corrected chi connectivity index (χ1v) is 6.48. The fraction of sp³-hybridized carbons (Fsp3) is 0.467. The molecule has 0 radical (unpaired) electrons. The van der Waals surface area contributed by atoms with E-state index < -0.39 is 11.8 Å². The monoisotopic (exact) mass is 246 g/mol. The summed E-state index contributed by atoms with van der Waals surface area (Å²) >= 11 is 0. The Morgan fingerprint density at radius 2 is 1.83 bits per heavy atom. The standard InChI is InChI=1S/C15H18O3/c1-3-18-15(17)14(16)13-9-8-10(2)11-6-4-5-7-12(11)13/h8-9H,3-7H2,1-2H3. The van der Waals surface area contributed by atoms with Gasteiger partial charge in [0.1, 0.15) is 0 Å². The Kier molecular flexibility index (Phi) is 3.80. The maximum atomic E-state index is 12.0. The number of ether oxygens (including phenoxy) is 1. The highest BCUT2D eigenvalue weighted by Crippen LogP contribution is 2.27. The fourth-order valence-electron chi connectivity index (χ4n) is 2.57. The van der Waals surface area contributed by atoms with Gasteiger partial charge in [0.25, 0.3) is 5.78 Å². The molecule has 2 rings (SSSR count). The van der Waals surface area contributed by atoms with Gasteiger partial charge in [0.15, 0.2) is 0 Å². The van der Waals surface area contributed by atoms with Crippen LogP contribution in [0.1, 0.15) is 46.8 Å². The minimum absolute atomic E-state index is 0.235. The zero-order chi connectivity index (χ0) is 13.1. The molecule has 1 aliphatic carbocycles. The lowest BCUT2D eigenvalue weighted by Gasteiger charge is -2.20. The molecule has 0 atom stereocenters. The van der Waals surface area contributed by atoms with Crippen LogP contribution in [0, 0.1) is 6.92 Å². The molecule has 0 spiro atoms. The number of carbonyl (C=O) groups excluding carboxylic acids is 2. The van der Waals surface area contributed by atoms with E-state index in [0.29, 0.717) is 5.56 Å². The van der Waals surface area contributed by atoms with Crippen molar-refractivity contribution >= 4 is 11.8 Å². The predicted octanol–water partition coefficient (Wildman–Crippen LogP) is 2.62. The minimum atomic E-state index is -0.742. The van der Waals surface area contributed by atoms with E-state index in [4.69, 9.17) is 4.74 Å². The van der Waals surface area contributed by atoms with Crippen molar-refractivity contribution in [2.24, 2.45) is 0 Å². The minimum Gasteiger partial charge on any atom is -0.460 e. The third-order valence-corrected chi connectivity index (χ3v) is 3.47. The molecule has 0 N–H and O–H groups in total. The highest BCUT2D eigenvalue weighted by atomic mass is 16.5. The highest BCUT2D eigenvalue weighted by molar-refractivity contribution is 6.41. The number of carbonyl (C=O) groups is 2. The lowest BCUT2D eigenvalue weighted by molar-refractivity contribution is -0.137. The van der Waals surface area contributed by atoms with Crippen LogP contribution in [0.2, 0.25) is 0 Å². The number of hydrogen-bond acceptors (Lipinski definition) is 3. The van der Waals surface area contributed by atoms with Gasteiger partial charge in [-0.05, 0) is 56.2 Å². The first-order valence-electron chi connectivity index (χ1n) is 6.48. The van der Waals surface area contributed by atoms with Crippen molar-refractivity contribution in [1.29, 1.82) is 0 Å². The molecule has 0 bridgehead atoms. The number of rotatable bonds is 3. The van der Waals surface area contributed by atoms with Crippen molar-refractivity contribution in [3.8, 4) is 0 Å². The maximum absolute atomic E-state index is 12.0. The van der Waals surface area contributed by atoms with Gasteiger partial charge in [-0.15, -0.1) is 0 Å². The zero-order valence-corrected chi connectivity index (χ0v) is 10.9. The summed E-state index contributed by atoms with van der Waals surface area (Å²) in [5.41, 5.74) is 4.05. The average Bonchev–Trinajstić information content (AvgIpc) is 2.39. The van der Waals surface area contributed by atoms with Gasteiger partial charge in [0.2, 0.25) is 0 Å². The molecule has 0 saturated carbocycles. The third-order valence-electron chi connectivity index (χ3n) is 3.47. The maximum Gasteiger partial charge on any atom is 0.379 e. The second kappa shape index (κ2) is 5.34. The molecule has 0 aliphatic heterocycles. The predicted molar refractivity (Wildman–Crippen MR) is 68.8 cm³/mol. The van der Waals surface area contributed by atoms with E-state index >= 15 is 0 Å². The van der Waals surface area contributed by atoms with Crippen molar-refractivity contribution in [1.82, 2.24) is 0 Å². The van der Waals surface area contributed by atoms with E-state index in [-0.39, 0.29) is 6.61 Å². The molecule has 18 heavy (non-hydrogen) atoms. The van der Waals surface area contributed by atoms with Gasteiger partial charge in [-0.3, -0.25) is 4.79 Å². The average molecular weight is 246 g/mol. The normalized spacial score (nSPS) is 13.9. The Hall–Kier alpha value is -1.64. The summed E-state index contributed by atoms with van der Waals surface area (Å²) in [7, 11) is 0. The number of hydrogen-bond donors (Lipinski definition) is 0. The molecule has 0 heterocycles. The van der Waals surface area contributed by atoms with Crippen LogP contribution >= 0.6 is 0 Å². The molecule has 96 valence electrons. The Balaban J connectivity index is 2.39. The van der Waals surface area contributed by atoms with Crippen LogP contribution in [0.3, 0.4) is 0 Å². The lowest BCUT2D eigenvalue weighted by Crippen LogP contribution is -2.21. The van der Waals surface area contributed by atoms with E-state index in [1.54, 1.807) is 13.0 Å². The Labute approximate surface area is 107 Å². The SMILES string of the molecule is CCOC(=O)C(=O)c1ccc(C)c2c1CCCC2. The summed E-state index contributed by atoms with van der Waals surface area (Å²) in [6.07, 6.45) is 4.13. The van der Waals surface area contributed by atoms with Gasteiger partial charge in [0.05, 0.1) is 6.61 Å². The van der Waals surface area contributed by atoms with Crippen LogP contribution in [0.5, 0.6) is 0 Å². The zero-order valence-electron chi connectivity index (χ0n) is 10.9. The van der Waals surface area contributed by atoms with Crippen LogP contribution < -0.4 is 0 Å². The molecular formula is C15H18O3. The molecule has 1 aliphatic rings. The van der Waals surface area contributed by atoms with Crippen LogP contribution in [-0.4, -0.2) is 18.4 Å². The summed E-state index contributed by atoms with van der Waals surface area (Å²) in [5, 5.41) is 0. The molecule has 3 heteroatoms. The van der Waals surface area contributed by atoms with E-state index in [0.717, 1.165) is 31.2 Å². The molecule has 3 nitrogen and oxygen atoms in total. The second-order valence-corrected chi connectivity index (χ2v) is 4.64. The lowest BCUT2D eigenvalue weighted by atomic mass is 9.84. The first-order chi connectivity index (χ1) is 8.65. The largest absolute Gasteiger partial charge is 0.460 e. The summed E-state index contributed by atoms with van der Waals surface area (Å²) in [5.74, 6) is -1.25.